The fourth-order valence-electron chi connectivity index (χ4n) is 1.73. The van der Waals surface area contributed by atoms with Crippen LogP contribution in [0.15, 0.2) is 64.0 Å². The van der Waals surface area contributed by atoms with Crippen LogP contribution in [-0.4, -0.2) is 18.2 Å². The van der Waals surface area contributed by atoms with Gasteiger partial charge in [-0.3, -0.25) is 4.79 Å². The number of hydrogen-bond acceptors (Lipinski definition) is 2. The number of carbonyl (C=O) groups is 1. The van der Waals surface area contributed by atoms with Gasteiger partial charge in [-0.1, -0.05) is 46.3 Å². The molecule has 0 atom stereocenters. The first-order chi connectivity index (χ1) is 9.74. The molecule has 2 aromatic carbocycles. The van der Waals surface area contributed by atoms with Gasteiger partial charge in [0.05, 0.1) is 6.42 Å². The predicted molar refractivity (Wildman–Crippen MR) is 88.0 cm³/mol. The highest BCUT2D eigenvalue weighted by atomic mass is 79.9. The van der Waals surface area contributed by atoms with Gasteiger partial charge < -0.3 is 5.32 Å². The van der Waals surface area contributed by atoms with Gasteiger partial charge in [0.1, 0.15) is 0 Å². The lowest BCUT2D eigenvalue weighted by Crippen LogP contribution is -2.27. The molecule has 0 saturated carbocycles. The molecule has 0 aliphatic heterocycles. The van der Waals surface area contributed by atoms with Crippen LogP contribution in [0.1, 0.15) is 5.56 Å². The second kappa shape index (κ2) is 8.12. The maximum absolute atomic E-state index is 11.8. The van der Waals surface area contributed by atoms with E-state index in [1.165, 1.54) is 4.90 Å². The molecular formula is C16H16BrNOS. The number of halogens is 1. The Morgan fingerprint density at radius 3 is 2.45 bits per heavy atom. The maximum Gasteiger partial charge on any atom is 0.224 e. The zero-order chi connectivity index (χ0) is 14.2. The van der Waals surface area contributed by atoms with E-state index in [2.05, 4.69) is 33.4 Å². The van der Waals surface area contributed by atoms with Gasteiger partial charge in [-0.15, -0.1) is 11.8 Å². The lowest BCUT2D eigenvalue weighted by atomic mass is 10.1. The van der Waals surface area contributed by atoms with E-state index in [0.717, 1.165) is 15.8 Å². The summed E-state index contributed by atoms with van der Waals surface area (Å²) in [6.07, 6.45) is 0.434. The summed E-state index contributed by atoms with van der Waals surface area (Å²) >= 11 is 5.13. The fourth-order valence-corrected chi connectivity index (χ4v) is 2.78. The van der Waals surface area contributed by atoms with E-state index in [4.69, 9.17) is 0 Å². The molecule has 2 rings (SSSR count). The number of benzene rings is 2. The maximum atomic E-state index is 11.8. The summed E-state index contributed by atoms with van der Waals surface area (Å²) in [4.78, 5) is 13.0. The average molecular weight is 350 g/mol. The molecule has 0 fully saturated rings. The lowest BCUT2D eigenvalue weighted by molar-refractivity contribution is -0.120. The Labute approximate surface area is 132 Å². The summed E-state index contributed by atoms with van der Waals surface area (Å²) in [5, 5.41) is 2.94. The summed E-state index contributed by atoms with van der Waals surface area (Å²) in [6, 6.07) is 18.0. The summed E-state index contributed by atoms with van der Waals surface area (Å²) in [5.74, 6) is 0.955. The highest BCUT2D eigenvalue weighted by molar-refractivity contribution is 9.10. The number of carbonyl (C=O) groups excluding carboxylic acids is 1. The van der Waals surface area contributed by atoms with E-state index in [1.807, 2.05) is 42.5 Å². The van der Waals surface area contributed by atoms with E-state index >= 15 is 0 Å². The van der Waals surface area contributed by atoms with Crippen LogP contribution in [0.3, 0.4) is 0 Å². The summed E-state index contributed by atoms with van der Waals surface area (Å²) in [6.45, 7) is 0.689. The van der Waals surface area contributed by atoms with Crippen molar-refractivity contribution in [2.75, 3.05) is 12.3 Å². The van der Waals surface area contributed by atoms with Crippen LogP contribution in [0.2, 0.25) is 0 Å². The Bertz CT molecular complexity index is 542. The Morgan fingerprint density at radius 2 is 1.75 bits per heavy atom. The molecule has 0 radical (unpaired) electrons. The molecular weight excluding hydrogens is 334 g/mol. The van der Waals surface area contributed by atoms with Gasteiger partial charge in [0.2, 0.25) is 5.91 Å². The largest absolute Gasteiger partial charge is 0.355 e. The van der Waals surface area contributed by atoms with Crippen molar-refractivity contribution in [1.29, 1.82) is 0 Å². The Morgan fingerprint density at radius 1 is 1.05 bits per heavy atom. The van der Waals surface area contributed by atoms with E-state index in [1.54, 1.807) is 11.8 Å². The van der Waals surface area contributed by atoms with Crippen LogP contribution in [0, 0.1) is 0 Å². The van der Waals surface area contributed by atoms with Crippen molar-refractivity contribution >= 4 is 33.6 Å². The normalized spacial score (nSPS) is 10.2. The summed E-state index contributed by atoms with van der Waals surface area (Å²) < 4.78 is 1.03. The van der Waals surface area contributed by atoms with Crippen molar-refractivity contribution < 1.29 is 4.79 Å². The molecule has 0 saturated heterocycles. The third-order valence-electron chi connectivity index (χ3n) is 2.71. The van der Waals surface area contributed by atoms with Gasteiger partial charge in [-0.2, -0.15) is 0 Å². The minimum absolute atomic E-state index is 0.0704. The molecule has 0 spiro atoms. The zero-order valence-corrected chi connectivity index (χ0v) is 13.4. The van der Waals surface area contributed by atoms with Crippen molar-refractivity contribution in [2.24, 2.45) is 0 Å². The topological polar surface area (TPSA) is 29.1 Å². The van der Waals surface area contributed by atoms with E-state index in [0.29, 0.717) is 13.0 Å². The van der Waals surface area contributed by atoms with Crippen LogP contribution in [0.5, 0.6) is 0 Å². The number of thioether (sulfide) groups is 1. The van der Waals surface area contributed by atoms with Gasteiger partial charge in [-0.25, -0.2) is 0 Å². The average Bonchev–Trinajstić information content (AvgIpc) is 2.47. The second-order valence-corrected chi connectivity index (χ2v) is 6.40. The van der Waals surface area contributed by atoms with Crippen LogP contribution in [-0.2, 0) is 11.2 Å². The monoisotopic (exact) mass is 349 g/mol. The molecule has 0 aliphatic rings. The first kappa shape index (κ1) is 15.1. The molecule has 1 amide bonds. The molecule has 0 bridgehead atoms. The van der Waals surface area contributed by atoms with Gasteiger partial charge in [0, 0.05) is 21.7 Å². The predicted octanol–water partition coefficient (Wildman–Crippen LogP) is 3.90. The van der Waals surface area contributed by atoms with Crippen molar-refractivity contribution in [3.05, 3.63) is 64.6 Å². The molecule has 0 aliphatic carbocycles. The molecule has 20 heavy (non-hydrogen) atoms. The number of nitrogens with one attached hydrogen (secondary N) is 1. The van der Waals surface area contributed by atoms with Gasteiger partial charge in [-0.05, 0) is 29.8 Å². The van der Waals surface area contributed by atoms with Crippen LogP contribution in [0.25, 0.3) is 0 Å². The Kier molecular flexibility index (Phi) is 6.15. The number of amides is 1. The van der Waals surface area contributed by atoms with Gasteiger partial charge >= 0.3 is 0 Å². The van der Waals surface area contributed by atoms with Gasteiger partial charge in [0.25, 0.3) is 0 Å². The SMILES string of the molecule is O=C(Cc1ccc(Br)cc1)NCCSc1ccccc1. The zero-order valence-electron chi connectivity index (χ0n) is 11.0. The minimum Gasteiger partial charge on any atom is -0.355 e. The second-order valence-electron chi connectivity index (χ2n) is 4.31. The third kappa shape index (κ3) is 5.39. The van der Waals surface area contributed by atoms with Crippen molar-refractivity contribution in [2.45, 2.75) is 11.3 Å². The van der Waals surface area contributed by atoms with E-state index in [-0.39, 0.29) is 5.91 Å². The van der Waals surface area contributed by atoms with Crippen molar-refractivity contribution in [1.82, 2.24) is 5.32 Å². The highest BCUT2D eigenvalue weighted by Gasteiger charge is 2.02. The molecule has 4 heteroatoms. The standard InChI is InChI=1S/C16H16BrNOS/c17-14-8-6-13(7-9-14)12-16(19)18-10-11-20-15-4-2-1-3-5-15/h1-9H,10-12H2,(H,18,19). The molecule has 1 N–H and O–H groups in total. The van der Waals surface area contributed by atoms with E-state index in [9.17, 15) is 4.79 Å². The molecule has 2 nitrogen and oxygen atoms in total. The number of hydrogen-bond donors (Lipinski definition) is 1. The third-order valence-corrected chi connectivity index (χ3v) is 4.26. The fraction of sp³-hybridized carbons (Fsp3) is 0.188. The summed E-state index contributed by atoms with van der Waals surface area (Å²) in [7, 11) is 0. The van der Waals surface area contributed by atoms with E-state index < -0.39 is 0 Å². The lowest BCUT2D eigenvalue weighted by Gasteiger charge is -2.05. The Hall–Kier alpha value is -1.26. The summed E-state index contributed by atoms with van der Waals surface area (Å²) in [5.41, 5.74) is 1.03. The van der Waals surface area contributed by atoms with Crippen LogP contribution >= 0.6 is 27.7 Å². The van der Waals surface area contributed by atoms with Crippen molar-refractivity contribution in [3.8, 4) is 0 Å². The molecule has 104 valence electrons. The smallest absolute Gasteiger partial charge is 0.224 e. The molecule has 0 unspecified atom stereocenters. The first-order valence-corrected chi connectivity index (χ1v) is 8.21. The van der Waals surface area contributed by atoms with Crippen LogP contribution in [0.4, 0.5) is 0 Å². The highest BCUT2D eigenvalue weighted by Crippen LogP contribution is 2.15. The quantitative estimate of drug-likeness (QED) is 0.632. The molecule has 0 heterocycles. The Balaban J connectivity index is 1.66. The molecule has 2 aromatic rings. The number of rotatable bonds is 6. The van der Waals surface area contributed by atoms with Gasteiger partial charge in [0.15, 0.2) is 0 Å². The van der Waals surface area contributed by atoms with Crippen LogP contribution < -0.4 is 5.32 Å². The minimum atomic E-state index is 0.0704. The first-order valence-electron chi connectivity index (χ1n) is 6.43. The van der Waals surface area contributed by atoms with Crippen molar-refractivity contribution in [3.63, 3.8) is 0 Å². The molecule has 0 aromatic heterocycles.